The number of carbonyl (C=O) groups is 1. The summed E-state index contributed by atoms with van der Waals surface area (Å²) in [7, 11) is 0. The molecule has 0 aliphatic rings. The lowest BCUT2D eigenvalue weighted by molar-refractivity contribution is -0.116. The molecule has 0 aliphatic heterocycles. The summed E-state index contributed by atoms with van der Waals surface area (Å²) in [5, 5.41) is 3.06. The quantitative estimate of drug-likeness (QED) is 0.811. The summed E-state index contributed by atoms with van der Waals surface area (Å²) < 4.78 is 0. The van der Waals surface area contributed by atoms with Crippen molar-refractivity contribution in [2.45, 2.75) is 39.0 Å². The summed E-state index contributed by atoms with van der Waals surface area (Å²) in [6, 6.07) is 18.2. The van der Waals surface area contributed by atoms with Crippen molar-refractivity contribution in [3.05, 3.63) is 65.7 Å². The molecule has 2 aromatic rings. The zero-order chi connectivity index (χ0) is 15.1. The van der Waals surface area contributed by atoms with Crippen LogP contribution in [-0.2, 0) is 11.2 Å². The van der Waals surface area contributed by atoms with Crippen LogP contribution in [0.2, 0.25) is 0 Å². The minimum Gasteiger partial charge on any atom is -0.326 e. The van der Waals surface area contributed by atoms with E-state index < -0.39 is 0 Å². The van der Waals surface area contributed by atoms with E-state index in [2.05, 4.69) is 37.4 Å². The summed E-state index contributed by atoms with van der Waals surface area (Å²) in [5.74, 6) is 0.305. The molecule has 0 saturated heterocycles. The predicted molar refractivity (Wildman–Crippen MR) is 88.5 cm³/mol. The Bertz CT molecular complexity index is 577. The third-order valence-electron chi connectivity index (χ3n) is 3.67. The minimum atomic E-state index is 0.0786. The maximum absolute atomic E-state index is 12.2. The number of hydrogen-bond acceptors (Lipinski definition) is 1. The lowest BCUT2D eigenvalue weighted by atomic mass is 9.97. The first-order chi connectivity index (χ1) is 10.2. The largest absolute Gasteiger partial charge is 0.326 e. The van der Waals surface area contributed by atoms with Crippen LogP contribution in [-0.4, -0.2) is 5.91 Å². The number of carbonyl (C=O) groups excluding carboxylic acids is 1. The highest BCUT2D eigenvalue weighted by atomic mass is 16.1. The molecule has 0 aliphatic carbocycles. The van der Waals surface area contributed by atoms with Crippen molar-refractivity contribution in [2.75, 3.05) is 5.32 Å². The van der Waals surface area contributed by atoms with Gasteiger partial charge in [0.2, 0.25) is 5.91 Å². The molecule has 2 heteroatoms. The number of benzene rings is 2. The van der Waals surface area contributed by atoms with Crippen LogP contribution in [0.1, 0.15) is 43.7 Å². The van der Waals surface area contributed by atoms with Gasteiger partial charge in [0, 0.05) is 12.1 Å². The zero-order valence-corrected chi connectivity index (χ0v) is 12.8. The molecule has 0 heterocycles. The lowest BCUT2D eigenvalue weighted by Crippen LogP contribution is -2.15. The van der Waals surface area contributed by atoms with E-state index in [1.54, 1.807) is 0 Å². The molecule has 0 radical (unpaired) electrons. The van der Waals surface area contributed by atoms with Crippen LogP contribution in [0.4, 0.5) is 5.69 Å². The minimum absolute atomic E-state index is 0.0786. The van der Waals surface area contributed by atoms with Crippen LogP contribution in [0.25, 0.3) is 0 Å². The first-order valence-electron chi connectivity index (χ1n) is 7.63. The van der Waals surface area contributed by atoms with Crippen molar-refractivity contribution in [3.8, 4) is 0 Å². The molecule has 21 heavy (non-hydrogen) atoms. The molecule has 0 aromatic heterocycles. The number of rotatable bonds is 6. The fraction of sp³-hybridized carbons (Fsp3) is 0.316. The average molecular weight is 281 g/mol. The van der Waals surface area contributed by atoms with Gasteiger partial charge in [-0.3, -0.25) is 4.79 Å². The zero-order valence-electron chi connectivity index (χ0n) is 12.8. The van der Waals surface area contributed by atoms with Crippen LogP contribution < -0.4 is 5.32 Å². The average Bonchev–Trinajstić information content (AvgIpc) is 2.50. The number of aryl methyl sites for hydroxylation is 1. The Morgan fingerprint density at radius 3 is 2.43 bits per heavy atom. The molecule has 1 unspecified atom stereocenters. The Kier molecular flexibility index (Phi) is 5.56. The van der Waals surface area contributed by atoms with Crippen molar-refractivity contribution in [1.82, 2.24) is 0 Å². The van der Waals surface area contributed by atoms with Gasteiger partial charge in [-0.25, -0.2) is 0 Å². The number of nitrogens with one attached hydrogen (secondary N) is 1. The second-order valence-electron chi connectivity index (χ2n) is 5.47. The van der Waals surface area contributed by atoms with E-state index in [4.69, 9.17) is 0 Å². The fourth-order valence-corrected chi connectivity index (χ4v) is 2.51. The molecule has 0 saturated carbocycles. The van der Waals surface area contributed by atoms with Crippen molar-refractivity contribution in [2.24, 2.45) is 0 Å². The summed E-state index contributed by atoms with van der Waals surface area (Å²) in [6.45, 7) is 4.24. The molecule has 2 aromatic carbocycles. The summed E-state index contributed by atoms with van der Waals surface area (Å²) >= 11 is 0. The van der Waals surface area contributed by atoms with Gasteiger partial charge in [0.05, 0.1) is 0 Å². The number of para-hydroxylation sites is 1. The molecule has 110 valence electrons. The second-order valence-corrected chi connectivity index (χ2v) is 5.47. The van der Waals surface area contributed by atoms with Crippen molar-refractivity contribution in [1.29, 1.82) is 0 Å². The van der Waals surface area contributed by atoms with Crippen molar-refractivity contribution in [3.63, 3.8) is 0 Å². The smallest absolute Gasteiger partial charge is 0.224 e. The van der Waals surface area contributed by atoms with Crippen LogP contribution in [0, 0.1) is 0 Å². The maximum atomic E-state index is 12.2. The Labute approximate surface area is 127 Å². The first-order valence-corrected chi connectivity index (χ1v) is 7.63. The SMILES string of the molecule is CCCc1ccccc1NC(=O)CC(C)c1ccccc1. The first kappa shape index (κ1) is 15.3. The molecular formula is C19H23NO. The van der Waals surface area contributed by atoms with Gasteiger partial charge in [-0.15, -0.1) is 0 Å². The Morgan fingerprint density at radius 1 is 1.05 bits per heavy atom. The summed E-state index contributed by atoms with van der Waals surface area (Å²) in [6.07, 6.45) is 2.57. The van der Waals surface area contributed by atoms with Gasteiger partial charge in [0.15, 0.2) is 0 Å². The molecule has 0 fully saturated rings. The van der Waals surface area contributed by atoms with Crippen LogP contribution in [0.3, 0.4) is 0 Å². The van der Waals surface area contributed by atoms with Gasteiger partial charge >= 0.3 is 0 Å². The summed E-state index contributed by atoms with van der Waals surface area (Å²) in [5.41, 5.74) is 3.36. The van der Waals surface area contributed by atoms with Gasteiger partial charge < -0.3 is 5.32 Å². The van der Waals surface area contributed by atoms with Crippen molar-refractivity contribution < 1.29 is 4.79 Å². The van der Waals surface area contributed by atoms with Crippen LogP contribution in [0.15, 0.2) is 54.6 Å². The van der Waals surface area contributed by atoms with Crippen LogP contribution in [0.5, 0.6) is 0 Å². The Hall–Kier alpha value is -2.09. The Morgan fingerprint density at radius 2 is 1.71 bits per heavy atom. The normalized spacial score (nSPS) is 11.9. The van der Waals surface area contributed by atoms with E-state index >= 15 is 0 Å². The van der Waals surface area contributed by atoms with E-state index in [-0.39, 0.29) is 11.8 Å². The van der Waals surface area contributed by atoms with E-state index in [0.717, 1.165) is 18.5 Å². The molecule has 1 N–H and O–H groups in total. The highest BCUT2D eigenvalue weighted by molar-refractivity contribution is 5.92. The molecule has 2 rings (SSSR count). The predicted octanol–water partition coefficient (Wildman–Crippen LogP) is 4.77. The molecular weight excluding hydrogens is 258 g/mol. The topological polar surface area (TPSA) is 29.1 Å². The van der Waals surface area contributed by atoms with E-state index in [0.29, 0.717) is 6.42 Å². The highest BCUT2D eigenvalue weighted by Crippen LogP contribution is 2.21. The van der Waals surface area contributed by atoms with Gasteiger partial charge in [-0.2, -0.15) is 0 Å². The van der Waals surface area contributed by atoms with Crippen molar-refractivity contribution >= 4 is 11.6 Å². The highest BCUT2D eigenvalue weighted by Gasteiger charge is 2.12. The second kappa shape index (κ2) is 7.63. The third-order valence-corrected chi connectivity index (χ3v) is 3.67. The maximum Gasteiger partial charge on any atom is 0.224 e. The van der Waals surface area contributed by atoms with Gasteiger partial charge in [-0.1, -0.05) is 68.8 Å². The molecule has 1 atom stereocenters. The fourth-order valence-electron chi connectivity index (χ4n) is 2.51. The number of amides is 1. The van der Waals surface area contributed by atoms with Gasteiger partial charge in [0.25, 0.3) is 0 Å². The number of anilines is 1. The third kappa shape index (κ3) is 4.45. The van der Waals surface area contributed by atoms with Gasteiger partial charge in [0.1, 0.15) is 0 Å². The van der Waals surface area contributed by atoms with Gasteiger partial charge in [-0.05, 0) is 29.5 Å². The summed E-state index contributed by atoms with van der Waals surface area (Å²) in [4.78, 5) is 12.2. The monoisotopic (exact) mass is 281 g/mol. The number of hydrogen-bond donors (Lipinski definition) is 1. The molecule has 0 spiro atoms. The van der Waals surface area contributed by atoms with E-state index in [9.17, 15) is 4.79 Å². The lowest BCUT2D eigenvalue weighted by Gasteiger charge is -2.14. The van der Waals surface area contributed by atoms with Crippen LogP contribution >= 0.6 is 0 Å². The molecule has 1 amide bonds. The van der Waals surface area contributed by atoms with E-state index in [1.807, 2.05) is 36.4 Å². The molecule has 2 nitrogen and oxygen atoms in total. The Balaban J connectivity index is 1.99. The van der Waals surface area contributed by atoms with E-state index in [1.165, 1.54) is 11.1 Å². The molecule has 0 bridgehead atoms. The standard InChI is InChI=1S/C19H23NO/c1-3-9-17-12-7-8-13-18(17)20-19(21)14-15(2)16-10-5-4-6-11-16/h4-8,10-13,15H,3,9,14H2,1-2H3,(H,20,21).